The number of hydrogen-bond donors (Lipinski definition) is 0. The Kier molecular flexibility index (Phi) is 7.35. The van der Waals surface area contributed by atoms with Crippen LogP contribution < -0.4 is 9.47 Å². The number of ether oxygens (including phenoxy) is 2. The Morgan fingerprint density at radius 3 is 2.19 bits per heavy atom. The summed E-state index contributed by atoms with van der Waals surface area (Å²) in [4.78, 5) is 19.4. The number of carbonyl (C=O) groups is 1. The number of rotatable bonds is 6. The van der Waals surface area contributed by atoms with Gasteiger partial charge in [-0.05, 0) is 31.0 Å². The van der Waals surface area contributed by atoms with Crippen molar-refractivity contribution in [3.05, 3.63) is 23.8 Å². The minimum Gasteiger partial charge on any atom is -0.497 e. The van der Waals surface area contributed by atoms with Gasteiger partial charge < -0.3 is 14.4 Å². The van der Waals surface area contributed by atoms with E-state index in [2.05, 4.69) is 14.7 Å². The molecule has 2 fully saturated rings. The highest BCUT2D eigenvalue weighted by atomic mass is 16.5. The fourth-order valence-corrected chi connectivity index (χ4v) is 3.96. The predicted molar refractivity (Wildman–Crippen MR) is 106 cm³/mol. The third kappa shape index (κ3) is 5.59. The molecule has 3 rings (SSSR count). The molecule has 0 saturated carbocycles. The second-order valence-electron chi connectivity index (χ2n) is 7.53. The molecule has 0 aromatic heterocycles. The molecular formula is C21H33N3O3. The normalized spacial score (nSPS) is 19.6. The summed E-state index contributed by atoms with van der Waals surface area (Å²) < 4.78 is 10.8. The zero-order valence-corrected chi connectivity index (χ0v) is 16.8. The maximum Gasteiger partial charge on any atom is 0.236 e. The van der Waals surface area contributed by atoms with Gasteiger partial charge >= 0.3 is 0 Å². The van der Waals surface area contributed by atoms with Gasteiger partial charge in [0.05, 0.1) is 20.8 Å². The Balaban J connectivity index is 1.48. The third-order valence-corrected chi connectivity index (χ3v) is 5.66. The Morgan fingerprint density at radius 2 is 1.56 bits per heavy atom. The van der Waals surface area contributed by atoms with Crippen LogP contribution in [0.3, 0.4) is 0 Å². The molecular weight excluding hydrogens is 342 g/mol. The van der Waals surface area contributed by atoms with E-state index in [0.717, 1.165) is 75.7 Å². The lowest BCUT2D eigenvalue weighted by Crippen LogP contribution is -2.49. The molecule has 1 aromatic carbocycles. The van der Waals surface area contributed by atoms with Crippen LogP contribution in [0.1, 0.15) is 31.2 Å². The van der Waals surface area contributed by atoms with Crippen molar-refractivity contribution in [1.82, 2.24) is 14.7 Å². The van der Waals surface area contributed by atoms with Crippen molar-refractivity contribution in [1.29, 1.82) is 0 Å². The average molecular weight is 376 g/mol. The van der Waals surface area contributed by atoms with Gasteiger partial charge in [-0.2, -0.15) is 0 Å². The maximum absolute atomic E-state index is 12.6. The van der Waals surface area contributed by atoms with Crippen LogP contribution in [0.5, 0.6) is 11.5 Å². The molecule has 1 amide bonds. The molecule has 150 valence electrons. The van der Waals surface area contributed by atoms with E-state index in [1.54, 1.807) is 14.2 Å². The number of nitrogens with zero attached hydrogens (tertiary/aromatic N) is 3. The maximum atomic E-state index is 12.6. The van der Waals surface area contributed by atoms with Gasteiger partial charge in [-0.1, -0.05) is 12.8 Å². The summed E-state index contributed by atoms with van der Waals surface area (Å²) in [6.45, 7) is 7.09. The highest BCUT2D eigenvalue weighted by Crippen LogP contribution is 2.25. The molecule has 2 heterocycles. The highest BCUT2D eigenvalue weighted by Gasteiger charge is 2.23. The molecule has 2 aliphatic heterocycles. The van der Waals surface area contributed by atoms with Crippen LogP contribution in [0, 0.1) is 0 Å². The molecule has 0 spiro atoms. The van der Waals surface area contributed by atoms with Crippen molar-refractivity contribution < 1.29 is 14.3 Å². The van der Waals surface area contributed by atoms with Gasteiger partial charge in [-0.25, -0.2) is 0 Å². The first-order valence-electron chi connectivity index (χ1n) is 10.1. The van der Waals surface area contributed by atoms with E-state index in [1.807, 2.05) is 18.2 Å². The smallest absolute Gasteiger partial charge is 0.236 e. The summed E-state index contributed by atoms with van der Waals surface area (Å²) >= 11 is 0. The molecule has 0 radical (unpaired) electrons. The molecule has 0 atom stereocenters. The van der Waals surface area contributed by atoms with Crippen LogP contribution in [0.15, 0.2) is 18.2 Å². The van der Waals surface area contributed by atoms with Crippen LogP contribution in [-0.2, 0) is 11.3 Å². The first-order chi connectivity index (χ1) is 13.2. The highest BCUT2D eigenvalue weighted by molar-refractivity contribution is 5.78. The van der Waals surface area contributed by atoms with Crippen LogP contribution >= 0.6 is 0 Å². The van der Waals surface area contributed by atoms with Gasteiger partial charge in [0.2, 0.25) is 5.91 Å². The summed E-state index contributed by atoms with van der Waals surface area (Å²) in [5.41, 5.74) is 1.14. The fourth-order valence-electron chi connectivity index (χ4n) is 3.96. The fraction of sp³-hybridized carbons (Fsp3) is 0.667. The summed E-state index contributed by atoms with van der Waals surface area (Å²) in [5, 5.41) is 0. The lowest BCUT2D eigenvalue weighted by Gasteiger charge is -2.35. The Labute approximate surface area is 163 Å². The van der Waals surface area contributed by atoms with E-state index < -0.39 is 0 Å². The number of likely N-dealkylation sites (tertiary alicyclic amines) is 1. The molecule has 0 bridgehead atoms. The first-order valence-corrected chi connectivity index (χ1v) is 10.1. The van der Waals surface area contributed by atoms with Crippen molar-refractivity contribution >= 4 is 5.91 Å². The van der Waals surface area contributed by atoms with Crippen molar-refractivity contribution in [3.63, 3.8) is 0 Å². The van der Waals surface area contributed by atoms with E-state index in [4.69, 9.17) is 9.47 Å². The lowest BCUT2D eigenvalue weighted by molar-refractivity contribution is -0.132. The van der Waals surface area contributed by atoms with E-state index in [1.165, 1.54) is 12.8 Å². The number of carbonyl (C=O) groups excluding carboxylic acids is 1. The van der Waals surface area contributed by atoms with Gasteiger partial charge in [0.1, 0.15) is 11.5 Å². The van der Waals surface area contributed by atoms with Crippen LogP contribution in [0.4, 0.5) is 0 Å². The molecule has 27 heavy (non-hydrogen) atoms. The van der Waals surface area contributed by atoms with E-state index in [9.17, 15) is 4.79 Å². The van der Waals surface area contributed by atoms with Gasteiger partial charge in [0, 0.05) is 51.4 Å². The van der Waals surface area contributed by atoms with Crippen LogP contribution in [-0.4, -0.2) is 80.6 Å². The van der Waals surface area contributed by atoms with Gasteiger partial charge in [0.25, 0.3) is 0 Å². The molecule has 0 aliphatic carbocycles. The first kappa shape index (κ1) is 20.0. The Morgan fingerprint density at radius 1 is 0.889 bits per heavy atom. The Bertz CT molecular complexity index is 607. The molecule has 2 saturated heterocycles. The zero-order chi connectivity index (χ0) is 19.1. The van der Waals surface area contributed by atoms with E-state index >= 15 is 0 Å². The molecule has 0 unspecified atom stereocenters. The number of hydrogen-bond acceptors (Lipinski definition) is 5. The molecule has 6 nitrogen and oxygen atoms in total. The second kappa shape index (κ2) is 9.95. The summed E-state index contributed by atoms with van der Waals surface area (Å²) in [5.74, 6) is 2.06. The minimum absolute atomic E-state index is 0.305. The monoisotopic (exact) mass is 375 g/mol. The summed E-state index contributed by atoms with van der Waals surface area (Å²) in [6, 6.07) is 5.94. The molecule has 2 aliphatic rings. The van der Waals surface area contributed by atoms with Crippen molar-refractivity contribution in [2.45, 2.75) is 32.2 Å². The van der Waals surface area contributed by atoms with Crippen LogP contribution in [0.25, 0.3) is 0 Å². The number of piperazine rings is 1. The molecule has 1 aromatic rings. The zero-order valence-electron chi connectivity index (χ0n) is 16.8. The van der Waals surface area contributed by atoms with E-state index in [0.29, 0.717) is 12.5 Å². The Hall–Kier alpha value is -1.79. The van der Waals surface area contributed by atoms with Crippen molar-refractivity contribution in [2.24, 2.45) is 0 Å². The average Bonchev–Trinajstić information content (AvgIpc) is 2.99. The SMILES string of the molecule is COc1ccc(OC)c(CN2CCN(CC(=O)N3CCCCCC3)CC2)c1. The van der Waals surface area contributed by atoms with Crippen LogP contribution in [0.2, 0.25) is 0 Å². The number of amides is 1. The van der Waals surface area contributed by atoms with Crippen molar-refractivity contribution in [2.75, 3.05) is 60.0 Å². The second-order valence-corrected chi connectivity index (χ2v) is 7.53. The topological polar surface area (TPSA) is 45.3 Å². The number of benzene rings is 1. The summed E-state index contributed by atoms with van der Waals surface area (Å²) in [6.07, 6.45) is 4.83. The van der Waals surface area contributed by atoms with Gasteiger partial charge in [-0.3, -0.25) is 14.6 Å². The molecule has 6 heteroatoms. The standard InChI is InChI=1S/C21H33N3O3/c1-26-19-7-8-20(27-2)18(15-19)16-22-11-13-23(14-12-22)17-21(25)24-9-5-3-4-6-10-24/h7-8,15H,3-6,9-14,16-17H2,1-2H3. The third-order valence-electron chi connectivity index (χ3n) is 5.66. The lowest BCUT2D eigenvalue weighted by atomic mass is 10.1. The quantitative estimate of drug-likeness (QED) is 0.763. The predicted octanol–water partition coefficient (Wildman–Crippen LogP) is 2.22. The number of methoxy groups -OCH3 is 2. The molecule has 0 N–H and O–H groups in total. The van der Waals surface area contributed by atoms with Crippen molar-refractivity contribution in [3.8, 4) is 11.5 Å². The summed E-state index contributed by atoms with van der Waals surface area (Å²) in [7, 11) is 3.39. The van der Waals surface area contributed by atoms with Gasteiger partial charge in [0.15, 0.2) is 0 Å². The van der Waals surface area contributed by atoms with E-state index in [-0.39, 0.29) is 0 Å². The largest absolute Gasteiger partial charge is 0.497 e. The minimum atomic E-state index is 0.305. The van der Waals surface area contributed by atoms with Gasteiger partial charge in [-0.15, -0.1) is 0 Å².